The van der Waals surface area contributed by atoms with Gasteiger partial charge >= 0.3 is 0 Å². The van der Waals surface area contributed by atoms with Crippen molar-refractivity contribution in [2.45, 2.75) is 33.0 Å². The Morgan fingerprint density at radius 3 is 2.54 bits per heavy atom. The molecule has 0 N–H and O–H groups in total. The average Bonchev–Trinajstić information content (AvgIpc) is 2.59. The molecule has 2 aromatic rings. The van der Waals surface area contributed by atoms with Crippen molar-refractivity contribution < 1.29 is 9.59 Å². The maximum absolute atomic E-state index is 12.7. The maximum Gasteiger partial charge on any atom is 0.245 e. The molecule has 3 rings (SSSR count). The number of piperazine rings is 1. The summed E-state index contributed by atoms with van der Waals surface area (Å²) in [6.45, 7) is 4.72. The molecule has 0 saturated carbocycles. The fourth-order valence-electron chi connectivity index (χ4n) is 2.98. The maximum atomic E-state index is 12.7. The van der Waals surface area contributed by atoms with Crippen molar-refractivity contribution in [3.8, 4) is 0 Å². The van der Waals surface area contributed by atoms with Crippen LogP contribution < -0.4 is 0 Å². The van der Waals surface area contributed by atoms with Crippen LogP contribution in [0.1, 0.15) is 23.7 Å². The Morgan fingerprint density at radius 2 is 1.83 bits per heavy atom. The summed E-state index contributed by atoms with van der Waals surface area (Å²) in [7, 11) is 0. The van der Waals surface area contributed by atoms with Crippen LogP contribution in [0.3, 0.4) is 0 Å². The number of carbonyl (C=O) groups is 2. The van der Waals surface area contributed by atoms with Crippen LogP contribution in [0.2, 0.25) is 0 Å². The highest BCUT2D eigenvalue weighted by atomic mass is 16.2. The van der Waals surface area contributed by atoms with Gasteiger partial charge in [0, 0.05) is 25.0 Å². The van der Waals surface area contributed by atoms with Gasteiger partial charge in [-0.2, -0.15) is 0 Å². The highest BCUT2D eigenvalue weighted by molar-refractivity contribution is 5.94. The van der Waals surface area contributed by atoms with Gasteiger partial charge in [0.05, 0.1) is 0 Å². The molecule has 5 nitrogen and oxygen atoms in total. The molecule has 1 aromatic carbocycles. The van der Waals surface area contributed by atoms with Crippen LogP contribution in [-0.4, -0.2) is 39.2 Å². The quantitative estimate of drug-likeness (QED) is 0.866. The zero-order valence-electron chi connectivity index (χ0n) is 14.0. The molecule has 2 heterocycles. The Kier molecular flexibility index (Phi) is 4.60. The highest BCUT2D eigenvalue weighted by Gasteiger charge is 2.36. The van der Waals surface area contributed by atoms with Gasteiger partial charge in [-0.15, -0.1) is 0 Å². The van der Waals surface area contributed by atoms with Crippen molar-refractivity contribution in [1.82, 2.24) is 14.8 Å². The zero-order valence-corrected chi connectivity index (χ0v) is 14.0. The first kappa shape index (κ1) is 16.2. The molecule has 2 amide bonds. The van der Waals surface area contributed by atoms with Gasteiger partial charge in [0.2, 0.25) is 11.8 Å². The van der Waals surface area contributed by atoms with E-state index in [-0.39, 0.29) is 18.4 Å². The van der Waals surface area contributed by atoms with E-state index in [1.807, 2.05) is 49.4 Å². The summed E-state index contributed by atoms with van der Waals surface area (Å²) in [5.41, 5.74) is 2.89. The smallest absolute Gasteiger partial charge is 0.245 e. The molecular formula is C19H21N3O2. The van der Waals surface area contributed by atoms with E-state index < -0.39 is 6.04 Å². The highest BCUT2D eigenvalue weighted by Crippen LogP contribution is 2.19. The molecule has 1 aliphatic heterocycles. The van der Waals surface area contributed by atoms with E-state index in [1.165, 1.54) is 0 Å². The first-order chi connectivity index (χ1) is 11.6. The number of aromatic nitrogens is 1. The number of nitrogens with zero attached hydrogens (tertiary/aromatic N) is 3. The molecule has 1 saturated heterocycles. The number of pyridine rings is 1. The van der Waals surface area contributed by atoms with Crippen molar-refractivity contribution in [2.75, 3.05) is 6.54 Å². The normalized spacial score (nSPS) is 18.2. The lowest BCUT2D eigenvalue weighted by atomic mass is 10.1. The van der Waals surface area contributed by atoms with E-state index in [4.69, 9.17) is 0 Å². The Labute approximate surface area is 141 Å². The van der Waals surface area contributed by atoms with Crippen molar-refractivity contribution >= 4 is 11.8 Å². The van der Waals surface area contributed by atoms with E-state index in [1.54, 1.807) is 22.9 Å². The van der Waals surface area contributed by atoms with Gasteiger partial charge in [0.25, 0.3) is 0 Å². The fraction of sp³-hybridized carbons (Fsp3) is 0.316. The lowest BCUT2D eigenvalue weighted by molar-refractivity contribution is -0.156. The van der Waals surface area contributed by atoms with Gasteiger partial charge in [0.15, 0.2) is 0 Å². The molecule has 124 valence electrons. The van der Waals surface area contributed by atoms with Crippen LogP contribution in [0, 0.1) is 6.92 Å². The lowest BCUT2D eigenvalue weighted by Crippen LogP contribution is -2.58. The van der Waals surface area contributed by atoms with Gasteiger partial charge < -0.3 is 9.80 Å². The first-order valence-electron chi connectivity index (χ1n) is 8.09. The van der Waals surface area contributed by atoms with Crippen LogP contribution in [0.25, 0.3) is 0 Å². The number of aryl methyl sites for hydroxylation is 1. The van der Waals surface area contributed by atoms with Gasteiger partial charge in [-0.05, 0) is 31.0 Å². The van der Waals surface area contributed by atoms with Crippen molar-refractivity contribution in [1.29, 1.82) is 0 Å². The Bertz CT molecular complexity index is 745. The molecule has 5 heteroatoms. The summed E-state index contributed by atoms with van der Waals surface area (Å²) in [6, 6.07) is 13.1. The Hall–Kier alpha value is -2.69. The number of benzene rings is 1. The minimum absolute atomic E-state index is 0.0139. The molecule has 24 heavy (non-hydrogen) atoms. The fourth-order valence-corrected chi connectivity index (χ4v) is 2.98. The molecule has 1 atom stereocenters. The second-order valence-corrected chi connectivity index (χ2v) is 6.13. The molecule has 0 spiro atoms. The second kappa shape index (κ2) is 6.83. The Balaban J connectivity index is 1.74. The van der Waals surface area contributed by atoms with Crippen molar-refractivity contribution in [2.24, 2.45) is 0 Å². The summed E-state index contributed by atoms with van der Waals surface area (Å²) in [4.78, 5) is 32.8. The van der Waals surface area contributed by atoms with E-state index in [9.17, 15) is 9.59 Å². The van der Waals surface area contributed by atoms with Crippen LogP contribution in [0.4, 0.5) is 0 Å². The van der Waals surface area contributed by atoms with Crippen molar-refractivity contribution in [3.05, 3.63) is 65.5 Å². The van der Waals surface area contributed by atoms with E-state index in [0.29, 0.717) is 13.1 Å². The molecule has 1 fully saturated rings. The van der Waals surface area contributed by atoms with Gasteiger partial charge in [-0.1, -0.05) is 36.4 Å². The van der Waals surface area contributed by atoms with Gasteiger partial charge in [0.1, 0.15) is 12.6 Å². The van der Waals surface area contributed by atoms with E-state index >= 15 is 0 Å². The number of carbonyl (C=O) groups excluding carboxylic acids is 2. The van der Waals surface area contributed by atoms with Gasteiger partial charge in [-0.25, -0.2) is 0 Å². The summed E-state index contributed by atoms with van der Waals surface area (Å²) in [6.07, 6.45) is 1.73. The molecule has 1 aliphatic rings. The minimum Gasteiger partial charge on any atom is -0.327 e. The van der Waals surface area contributed by atoms with Crippen LogP contribution in [0.15, 0.2) is 48.7 Å². The molecule has 1 aromatic heterocycles. The minimum atomic E-state index is -0.463. The predicted molar refractivity (Wildman–Crippen MR) is 90.8 cm³/mol. The molecule has 0 unspecified atom stereocenters. The summed E-state index contributed by atoms with van der Waals surface area (Å²) < 4.78 is 0. The third kappa shape index (κ3) is 3.30. The largest absolute Gasteiger partial charge is 0.327 e. The molecule has 0 bridgehead atoms. The SMILES string of the molecule is Cc1ncccc1CN1C(=O)CN(Cc2ccccc2)C(=O)[C@@H]1C. The lowest BCUT2D eigenvalue weighted by Gasteiger charge is -2.39. The molecule has 0 radical (unpaired) electrons. The van der Waals surface area contributed by atoms with Crippen LogP contribution >= 0.6 is 0 Å². The average molecular weight is 323 g/mol. The van der Waals surface area contributed by atoms with E-state index in [0.717, 1.165) is 16.8 Å². The predicted octanol–water partition coefficient (Wildman–Crippen LogP) is 2.15. The summed E-state index contributed by atoms with van der Waals surface area (Å²) in [5.74, 6) is -0.0405. The van der Waals surface area contributed by atoms with Crippen LogP contribution in [0.5, 0.6) is 0 Å². The van der Waals surface area contributed by atoms with Gasteiger partial charge in [-0.3, -0.25) is 14.6 Å². The number of amides is 2. The standard InChI is InChI=1S/C19H21N3O2/c1-14-17(9-6-10-20-14)12-22-15(2)19(24)21(13-18(22)23)11-16-7-4-3-5-8-16/h3-10,15H,11-13H2,1-2H3/t15-/m0/s1. The third-order valence-corrected chi connectivity index (χ3v) is 4.46. The molecular weight excluding hydrogens is 302 g/mol. The molecule has 0 aliphatic carbocycles. The van der Waals surface area contributed by atoms with Crippen molar-refractivity contribution in [3.63, 3.8) is 0 Å². The number of rotatable bonds is 4. The summed E-state index contributed by atoms with van der Waals surface area (Å²) in [5, 5.41) is 0. The summed E-state index contributed by atoms with van der Waals surface area (Å²) >= 11 is 0. The topological polar surface area (TPSA) is 53.5 Å². The number of hydrogen-bond donors (Lipinski definition) is 0. The Morgan fingerprint density at radius 1 is 1.08 bits per heavy atom. The number of hydrogen-bond acceptors (Lipinski definition) is 3. The van der Waals surface area contributed by atoms with E-state index in [2.05, 4.69) is 4.98 Å². The van der Waals surface area contributed by atoms with Crippen LogP contribution in [-0.2, 0) is 22.7 Å². The monoisotopic (exact) mass is 323 g/mol. The third-order valence-electron chi connectivity index (χ3n) is 4.46. The first-order valence-corrected chi connectivity index (χ1v) is 8.09. The zero-order chi connectivity index (χ0) is 17.1. The second-order valence-electron chi connectivity index (χ2n) is 6.13.